The van der Waals surface area contributed by atoms with Gasteiger partial charge in [0.15, 0.2) is 17.1 Å². The summed E-state index contributed by atoms with van der Waals surface area (Å²) in [7, 11) is 1.74. The summed E-state index contributed by atoms with van der Waals surface area (Å²) in [4.78, 5) is 17.4. The molecule has 11 heteroatoms. The van der Waals surface area contributed by atoms with Gasteiger partial charge in [0, 0.05) is 31.7 Å². The van der Waals surface area contributed by atoms with Crippen LogP contribution in [0.3, 0.4) is 0 Å². The van der Waals surface area contributed by atoms with Crippen molar-refractivity contribution in [2.24, 2.45) is 5.41 Å². The van der Waals surface area contributed by atoms with Crippen molar-refractivity contribution >= 4 is 40.5 Å². The van der Waals surface area contributed by atoms with Crippen molar-refractivity contribution in [1.82, 2.24) is 19.9 Å². The summed E-state index contributed by atoms with van der Waals surface area (Å²) in [5.74, 6) is 1.80. The minimum atomic E-state index is -0.443. The van der Waals surface area contributed by atoms with Crippen LogP contribution in [0.5, 0.6) is 11.5 Å². The van der Waals surface area contributed by atoms with Gasteiger partial charge in [-0.15, -0.1) is 0 Å². The standard InChI is InChI=1S/C20H23ClN6O4/c1-20(2,9-28)8-23-19(29)11-7-24-27-15(22-3)6-14(26-18(11)27)25-16-12(21)4-5-13-17(16)31-10-30-13/h4-7,22,28H,8-10H2,1-3H3,(H,23,29)(H,25,26). The van der Waals surface area contributed by atoms with Crippen LogP contribution in [-0.2, 0) is 0 Å². The molecule has 4 rings (SSSR count). The highest BCUT2D eigenvalue weighted by atomic mass is 35.5. The number of amides is 1. The average Bonchev–Trinajstić information content (AvgIpc) is 3.40. The van der Waals surface area contributed by atoms with Crippen molar-refractivity contribution in [3.63, 3.8) is 0 Å². The number of rotatable bonds is 7. The van der Waals surface area contributed by atoms with E-state index in [0.717, 1.165) is 0 Å². The fourth-order valence-corrected chi connectivity index (χ4v) is 3.22. The molecular weight excluding hydrogens is 424 g/mol. The molecule has 4 N–H and O–H groups in total. The van der Waals surface area contributed by atoms with Gasteiger partial charge in [0.05, 0.1) is 11.2 Å². The molecule has 0 radical (unpaired) electrons. The Bertz CT molecular complexity index is 1150. The third-order valence-electron chi connectivity index (χ3n) is 4.87. The van der Waals surface area contributed by atoms with Gasteiger partial charge in [0.2, 0.25) is 6.79 Å². The highest BCUT2D eigenvalue weighted by Gasteiger charge is 2.23. The Balaban J connectivity index is 1.70. The minimum Gasteiger partial charge on any atom is -0.454 e. The predicted molar refractivity (Wildman–Crippen MR) is 117 cm³/mol. The van der Waals surface area contributed by atoms with Crippen LogP contribution < -0.4 is 25.4 Å². The number of carbonyl (C=O) groups excluding carboxylic acids is 1. The first-order valence-corrected chi connectivity index (χ1v) is 10.0. The van der Waals surface area contributed by atoms with E-state index < -0.39 is 5.41 Å². The summed E-state index contributed by atoms with van der Waals surface area (Å²) in [5, 5.41) is 23.2. The Kier molecular flexibility index (Phi) is 5.50. The third kappa shape index (κ3) is 4.04. The molecule has 0 fully saturated rings. The number of aliphatic hydroxyl groups is 1. The lowest BCUT2D eigenvalue weighted by atomic mass is 9.95. The number of hydrogen-bond acceptors (Lipinski definition) is 8. The van der Waals surface area contributed by atoms with Crippen LogP contribution in [0.4, 0.5) is 17.3 Å². The molecule has 1 aromatic carbocycles. The van der Waals surface area contributed by atoms with Gasteiger partial charge in [-0.3, -0.25) is 4.79 Å². The Labute approximate surface area is 183 Å². The summed E-state index contributed by atoms with van der Waals surface area (Å²) in [5.41, 5.74) is 0.736. The van der Waals surface area contributed by atoms with Crippen molar-refractivity contribution in [3.05, 3.63) is 35.0 Å². The van der Waals surface area contributed by atoms with Crippen LogP contribution in [0, 0.1) is 5.41 Å². The topological polar surface area (TPSA) is 122 Å². The fraction of sp³-hybridized carbons (Fsp3) is 0.350. The molecule has 10 nitrogen and oxygen atoms in total. The molecule has 1 aliphatic heterocycles. The third-order valence-corrected chi connectivity index (χ3v) is 5.18. The fourth-order valence-electron chi connectivity index (χ4n) is 3.03. The number of hydrogen-bond donors (Lipinski definition) is 4. The maximum absolute atomic E-state index is 12.8. The molecular formula is C20H23ClN6O4. The van der Waals surface area contributed by atoms with E-state index in [1.807, 2.05) is 13.8 Å². The van der Waals surface area contributed by atoms with Gasteiger partial charge in [-0.05, 0) is 12.1 Å². The lowest BCUT2D eigenvalue weighted by Crippen LogP contribution is -2.36. The van der Waals surface area contributed by atoms with Gasteiger partial charge in [0.25, 0.3) is 5.91 Å². The predicted octanol–water partition coefficient (Wildman–Crippen LogP) is 2.65. The maximum Gasteiger partial charge on any atom is 0.256 e. The molecule has 3 aromatic rings. The molecule has 1 amide bonds. The summed E-state index contributed by atoms with van der Waals surface area (Å²) in [6.45, 7) is 4.08. The quantitative estimate of drug-likeness (QED) is 0.437. The van der Waals surface area contributed by atoms with E-state index in [2.05, 4.69) is 26.0 Å². The Morgan fingerprint density at radius 3 is 2.90 bits per heavy atom. The maximum atomic E-state index is 12.8. The van der Waals surface area contributed by atoms with Crippen molar-refractivity contribution < 1.29 is 19.4 Å². The molecule has 31 heavy (non-hydrogen) atoms. The number of aromatic nitrogens is 3. The molecule has 0 unspecified atom stereocenters. The zero-order chi connectivity index (χ0) is 22.2. The number of anilines is 3. The van der Waals surface area contributed by atoms with Crippen LogP contribution in [0.25, 0.3) is 5.65 Å². The lowest BCUT2D eigenvalue weighted by molar-refractivity contribution is 0.0912. The number of nitrogens with one attached hydrogen (secondary N) is 3. The van der Waals surface area contributed by atoms with Gasteiger partial charge in [-0.2, -0.15) is 9.61 Å². The van der Waals surface area contributed by atoms with Crippen molar-refractivity contribution in [3.8, 4) is 11.5 Å². The molecule has 2 aromatic heterocycles. The van der Waals surface area contributed by atoms with Crippen molar-refractivity contribution in [2.45, 2.75) is 13.8 Å². The van der Waals surface area contributed by atoms with E-state index in [9.17, 15) is 9.90 Å². The van der Waals surface area contributed by atoms with E-state index in [-0.39, 0.29) is 19.3 Å². The molecule has 0 atom stereocenters. The first-order valence-electron chi connectivity index (χ1n) is 9.63. The molecule has 1 aliphatic rings. The summed E-state index contributed by atoms with van der Waals surface area (Å²) < 4.78 is 12.5. The zero-order valence-corrected chi connectivity index (χ0v) is 18.1. The van der Waals surface area contributed by atoms with Gasteiger partial charge in [-0.1, -0.05) is 25.4 Å². The zero-order valence-electron chi connectivity index (χ0n) is 17.3. The number of nitrogens with zero attached hydrogens (tertiary/aromatic N) is 3. The Morgan fingerprint density at radius 1 is 1.35 bits per heavy atom. The number of aliphatic hydroxyl groups excluding tert-OH is 1. The minimum absolute atomic E-state index is 0.0494. The van der Waals surface area contributed by atoms with E-state index in [4.69, 9.17) is 21.1 Å². The first-order chi connectivity index (χ1) is 14.8. The molecule has 0 saturated carbocycles. The second-order valence-corrected chi connectivity index (χ2v) is 8.26. The summed E-state index contributed by atoms with van der Waals surface area (Å²) in [6.07, 6.45) is 1.46. The van der Waals surface area contributed by atoms with E-state index in [1.165, 1.54) is 10.7 Å². The summed E-state index contributed by atoms with van der Waals surface area (Å²) >= 11 is 6.36. The highest BCUT2D eigenvalue weighted by molar-refractivity contribution is 6.33. The largest absolute Gasteiger partial charge is 0.454 e. The first kappa shape index (κ1) is 21.0. The molecule has 0 saturated heterocycles. The molecule has 0 aliphatic carbocycles. The van der Waals surface area contributed by atoms with Crippen LogP contribution >= 0.6 is 11.6 Å². The second-order valence-electron chi connectivity index (χ2n) is 7.86. The average molecular weight is 447 g/mol. The van der Waals surface area contributed by atoms with Crippen LogP contribution in [0.2, 0.25) is 5.02 Å². The second kappa shape index (κ2) is 8.12. The summed E-state index contributed by atoms with van der Waals surface area (Å²) in [6, 6.07) is 5.18. The van der Waals surface area contributed by atoms with Crippen LogP contribution in [0.1, 0.15) is 24.2 Å². The normalized spacial score (nSPS) is 12.8. The number of ether oxygens (including phenoxy) is 2. The van der Waals surface area contributed by atoms with Gasteiger partial charge in [0.1, 0.15) is 22.9 Å². The number of halogens is 1. The SMILES string of the molecule is CNc1cc(Nc2c(Cl)ccc3c2OCO3)nc2c(C(=O)NCC(C)(C)CO)cnn12. The smallest absolute Gasteiger partial charge is 0.256 e. The van der Waals surface area contributed by atoms with Crippen molar-refractivity contribution in [2.75, 3.05) is 37.6 Å². The Morgan fingerprint density at radius 2 is 2.16 bits per heavy atom. The van der Waals surface area contributed by atoms with Crippen molar-refractivity contribution in [1.29, 1.82) is 0 Å². The highest BCUT2D eigenvalue weighted by Crippen LogP contribution is 2.44. The lowest BCUT2D eigenvalue weighted by Gasteiger charge is -2.21. The Hall–Kier alpha value is -3.24. The van der Waals surface area contributed by atoms with E-state index in [0.29, 0.717) is 51.6 Å². The number of carbonyl (C=O) groups is 1. The number of fused-ring (bicyclic) bond motifs is 2. The molecule has 0 bridgehead atoms. The van der Waals surface area contributed by atoms with E-state index >= 15 is 0 Å². The molecule has 164 valence electrons. The number of benzene rings is 1. The molecule has 3 heterocycles. The van der Waals surface area contributed by atoms with Crippen LogP contribution in [0.15, 0.2) is 24.4 Å². The van der Waals surface area contributed by atoms with Crippen LogP contribution in [-0.4, -0.2) is 52.6 Å². The monoisotopic (exact) mass is 446 g/mol. The molecule has 0 spiro atoms. The van der Waals surface area contributed by atoms with Gasteiger partial charge >= 0.3 is 0 Å². The van der Waals surface area contributed by atoms with Gasteiger partial charge in [-0.25, -0.2) is 4.98 Å². The van der Waals surface area contributed by atoms with E-state index in [1.54, 1.807) is 25.2 Å². The van der Waals surface area contributed by atoms with Gasteiger partial charge < -0.3 is 30.5 Å².